The molecule has 0 spiro atoms. The molecule has 1 atom stereocenters. The van der Waals surface area contributed by atoms with Gasteiger partial charge in [-0.2, -0.15) is 13.2 Å². The average molecular weight is 602 g/mol. The zero-order valence-corrected chi connectivity index (χ0v) is 23.4. The number of nitrogens with zero attached hydrogens (tertiary/aromatic N) is 2. The lowest BCUT2D eigenvalue weighted by Gasteiger charge is -2.32. The van der Waals surface area contributed by atoms with Crippen LogP contribution < -0.4 is 10.1 Å². The van der Waals surface area contributed by atoms with Crippen LogP contribution in [0.4, 0.5) is 13.2 Å². The van der Waals surface area contributed by atoms with Crippen molar-refractivity contribution >= 4 is 39.6 Å². The molecule has 2 fully saturated rings. The Balaban J connectivity index is 1.11. The first-order chi connectivity index (χ1) is 20.0. The Morgan fingerprint density at radius 3 is 2.36 bits per heavy atom. The van der Waals surface area contributed by atoms with E-state index in [2.05, 4.69) is 10.2 Å². The number of thioether (sulfide) groups is 1. The van der Waals surface area contributed by atoms with Gasteiger partial charge in [-0.15, -0.1) is 0 Å². The monoisotopic (exact) mass is 601 g/mol. The molecule has 0 bridgehead atoms. The molecule has 3 N–H and O–H groups in total. The third-order valence-corrected chi connectivity index (χ3v) is 8.78. The summed E-state index contributed by atoms with van der Waals surface area (Å²) in [5.41, 5.74) is 3.21. The van der Waals surface area contributed by atoms with E-state index in [4.69, 9.17) is 15.6 Å². The fraction of sp³-hybridized carbons (Fsp3) is 0.414. The third-order valence-electron chi connectivity index (χ3n) is 7.79. The Kier molecular flexibility index (Phi) is 8.69. The van der Waals surface area contributed by atoms with E-state index < -0.39 is 23.2 Å². The van der Waals surface area contributed by atoms with Crippen molar-refractivity contribution in [3.8, 4) is 5.75 Å². The van der Waals surface area contributed by atoms with Crippen LogP contribution in [0.15, 0.2) is 42.5 Å². The van der Waals surface area contributed by atoms with Crippen LogP contribution in [0, 0.1) is 16.7 Å². The molecule has 42 heavy (non-hydrogen) atoms. The number of alkyl halides is 3. The smallest absolute Gasteiger partial charge is 0.439 e. The minimum Gasteiger partial charge on any atom is -0.489 e. The van der Waals surface area contributed by atoms with E-state index in [1.807, 2.05) is 24.3 Å². The zero-order chi connectivity index (χ0) is 30.0. The molecule has 3 aliphatic heterocycles. The number of hydrogen-bond acceptors (Lipinski definition) is 8. The average Bonchev–Trinajstić information content (AvgIpc) is 3.29. The number of rotatable bonds is 7. The van der Waals surface area contributed by atoms with Gasteiger partial charge in [-0.05, 0) is 55.6 Å². The Hall–Kier alpha value is -3.71. The van der Waals surface area contributed by atoms with Crippen LogP contribution in [0.5, 0.6) is 5.75 Å². The number of carbonyl (C=O) groups is 3. The van der Waals surface area contributed by atoms with E-state index in [1.54, 1.807) is 18.2 Å². The highest BCUT2D eigenvalue weighted by molar-refractivity contribution is 8.26. The molecule has 9 nitrogen and oxygen atoms in total. The number of likely N-dealkylation sites (tertiary alicyclic amines) is 1. The number of benzene rings is 2. The number of ether oxygens (including phenoxy) is 1. The van der Waals surface area contributed by atoms with E-state index >= 15 is 0 Å². The molecule has 3 amide bonds. The minimum atomic E-state index is -4.71. The van der Waals surface area contributed by atoms with Crippen molar-refractivity contribution in [3.63, 3.8) is 0 Å². The highest BCUT2D eigenvalue weighted by Gasteiger charge is 2.40. The first kappa shape index (κ1) is 29.8. The molecule has 1 unspecified atom stereocenters. The Bertz CT molecular complexity index is 1410. The van der Waals surface area contributed by atoms with E-state index in [1.165, 1.54) is 4.90 Å². The van der Waals surface area contributed by atoms with Crippen LogP contribution in [0.3, 0.4) is 0 Å². The standard InChI is InChI=1S/C29H30F3N5O4S/c30-29(31,32)28(34)42-25(33)19-10-12-36(13-11-19)14-17-4-6-18(7-5-17)16-41-23-3-1-2-20-21(23)15-37(27(20)40)22-8-9-24(38)35-26(22)39/h1-7,19,22,33-34H,8-16H2,(H,35,38,39). The molecule has 2 aromatic carbocycles. The van der Waals surface area contributed by atoms with Gasteiger partial charge in [-0.1, -0.05) is 42.1 Å². The summed E-state index contributed by atoms with van der Waals surface area (Å²) in [7, 11) is 0. The predicted octanol–water partition coefficient (Wildman–Crippen LogP) is 4.49. The van der Waals surface area contributed by atoms with Gasteiger partial charge in [0.1, 0.15) is 18.4 Å². The highest BCUT2D eigenvalue weighted by atomic mass is 32.2. The topological polar surface area (TPSA) is 127 Å². The fourth-order valence-corrected chi connectivity index (χ4v) is 6.20. The summed E-state index contributed by atoms with van der Waals surface area (Å²) in [4.78, 5) is 40.6. The number of imide groups is 1. The van der Waals surface area contributed by atoms with Gasteiger partial charge in [-0.25, -0.2) is 0 Å². The first-order valence-corrected chi connectivity index (χ1v) is 14.4. The Morgan fingerprint density at radius 2 is 1.69 bits per heavy atom. The van der Waals surface area contributed by atoms with Crippen LogP contribution in [0.25, 0.3) is 0 Å². The van der Waals surface area contributed by atoms with Crippen molar-refractivity contribution in [1.82, 2.24) is 15.1 Å². The molecule has 2 saturated heterocycles. The molecule has 2 aromatic rings. The number of hydrogen-bond donors (Lipinski definition) is 3. The third kappa shape index (κ3) is 6.67. The first-order valence-electron chi connectivity index (χ1n) is 13.6. The van der Waals surface area contributed by atoms with Gasteiger partial charge < -0.3 is 9.64 Å². The second kappa shape index (κ2) is 12.3. The zero-order valence-electron chi connectivity index (χ0n) is 22.6. The Morgan fingerprint density at radius 1 is 1.00 bits per heavy atom. The lowest BCUT2D eigenvalue weighted by atomic mass is 9.97. The summed E-state index contributed by atoms with van der Waals surface area (Å²) < 4.78 is 43.9. The molecule has 222 valence electrons. The van der Waals surface area contributed by atoms with Crippen LogP contribution in [0.2, 0.25) is 0 Å². The number of piperidine rings is 2. The molecule has 5 rings (SSSR count). The molecule has 0 saturated carbocycles. The normalized spacial score (nSPS) is 19.9. The molecule has 13 heteroatoms. The van der Waals surface area contributed by atoms with Crippen LogP contribution >= 0.6 is 11.8 Å². The van der Waals surface area contributed by atoms with Gasteiger partial charge in [0.15, 0.2) is 5.04 Å². The van der Waals surface area contributed by atoms with Crippen molar-refractivity contribution in [2.45, 2.75) is 57.6 Å². The number of nitrogens with one attached hydrogen (secondary N) is 3. The second-order valence-corrected chi connectivity index (χ2v) is 11.7. The van der Waals surface area contributed by atoms with Gasteiger partial charge in [0, 0.05) is 30.0 Å². The maximum Gasteiger partial charge on any atom is 0.439 e. The molecular formula is C29H30F3N5O4S. The highest BCUT2D eigenvalue weighted by Crippen LogP contribution is 2.34. The van der Waals surface area contributed by atoms with Gasteiger partial charge >= 0.3 is 6.18 Å². The summed E-state index contributed by atoms with van der Waals surface area (Å²) in [6, 6.07) is 12.5. The quantitative estimate of drug-likeness (QED) is 0.244. The number of halogens is 3. The molecule has 3 aliphatic rings. The predicted molar refractivity (Wildman–Crippen MR) is 150 cm³/mol. The maximum atomic E-state index is 13.0. The number of amides is 3. The van der Waals surface area contributed by atoms with Gasteiger partial charge in [0.05, 0.1) is 11.6 Å². The number of fused-ring (bicyclic) bond motifs is 1. The maximum absolute atomic E-state index is 13.0. The molecule has 0 aromatic heterocycles. The lowest BCUT2D eigenvalue weighted by molar-refractivity contribution is -0.136. The van der Waals surface area contributed by atoms with Crippen LogP contribution in [-0.2, 0) is 29.3 Å². The van der Waals surface area contributed by atoms with E-state index in [9.17, 15) is 27.6 Å². The van der Waals surface area contributed by atoms with Crippen molar-refractivity contribution in [2.24, 2.45) is 5.92 Å². The van der Waals surface area contributed by atoms with Gasteiger partial charge in [-0.3, -0.25) is 35.4 Å². The number of carbonyl (C=O) groups excluding carboxylic acids is 3. The van der Waals surface area contributed by atoms with E-state index in [0.29, 0.717) is 55.8 Å². The largest absolute Gasteiger partial charge is 0.489 e. The SMILES string of the molecule is N=C(SC(=N)C(F)(F)F)C1CCN(Cc2ccc(COc3cccc4c3CN(C3CCC(=O)NC3=O)C4=O)cc2)CC1. The summed E-state index contributed by atoms with van der Waals surface area (Å²) in [6.07, 6.45) is -3.08. The minimum absolute atomic E-state index is 0.0987. The lowest BCUT2D eigenvalue weighted by Crippen LogP contribution is -2.52. The summed E-state index contributed by atoms with van der Waals surface area (Å²) in [5.74, 6) is -0.743. The Labute approximate surface area is 244 Å². The fourth-order valence-electron chi connectivity index (χ4n) is 5.46. The molecule has 0 aliphatic carbocycles. The second-order valence-electron chi connectivity index (χ2n) is 10.6. The summed E-state index contributed by atoms with van der Waals surface area (Å²) in [5, 5.41) is 15.8. The van der Waals surface area contributed by atoms with E-state index in [-0.39, 0.29) is 54.1 Å². The van der Waals surface area contributed by atoms with Crippen molar-refractivity contribution < 1.29 is 32.3 Å². The van der Waals surface area contributed by atoms with Crippen molar-refractivity contribution in [1.29, 1.82) is 10.8 Å². The van der Waals surface area contributed by atoms with Crippen molar-refractivity contribution in [3.05, 3.63) is 64.7 Å². The molecular weight excluding hydrogens is 571 g/mol. The van der Waals surface area contributed by atoms with Crippen LogP contribution in [-0.4, -0.2) is 62.9 Å². The molecule has 0 radical (unpaired) electrons. The summed E-state index contributed by atoms with van der Waals surface area (Å²) in [6.45, 7) is 2.50. The molecule has 3 heterocycles. The van der Waals surface area contributed by atoms with Gasteiger partial charge in [0.25, 0.3) is 5.91 Å². The summed E-state index contributed by atoms with van der Waals surface area (Å²) >= 11 is 0.201. The van der Waals surface area contributed by atoms with E-state index in [0.717, 1.165) is 11.1 Å². The van der Waals surface area contributed by atoms with Crippen LogP contribution in [0.1, 0.15) is 52.7 Å². The van der Waals surface area contributed by atoms with Gasteiger partial charge in [0.2, 0.25) is 11.8 Å². The van der Waals surface area contributed by atoms with Crippen molar-refractivity contribution in [2.75, 3.05) is 13.1 Å².